The number of nitrogens with zero attached hydrogens (tertiary/aromatic N) is 1. The average molecular weight is 247 g/mol. The number of likely N-dealkylation sites (tertiary alicyclic amines) is 1. The molecule has 0 radical (unpaired) electrons. The Morgan fingerprint density at radius 2 is 2.06 bits per heavy atom. The summed E-state index contributed by atoms with van der Waals surface area (Å²) < 4.78 is 0. The van der Waals surface area contributed by atoms with Crippen LogP contribution >= 0.6 is 0 Å². The summed E-state index contributed by atoms with van der Waals surface area (Å²) in [4.78, 5) is 14.4. The molecular formula is C14H21N3O. The molecule has 1 fully saturated rings. The van der Waals surface area contributed by atoms with Crippen LogP contribution in [0.3, 0.4) is 0 Å². The standard InChI is InChI=1S/C14H21N3O/c1-10-12(15)6-5-7-13(10)16-14(18)11(2)17-8-3-4-9-17/h5-7,11H,3-4,8-9,15H2,1-2H3,(H,16,18). The van der Waals surface area contributed by atoms with E-state index in [0.717, 1.165) is 24.3 Å². The number of hydrogen-bond acceptors (Lipinski definition) is 3. The number of amides is 1. The summed E-state index contributed by atoms with van der Waals surface area (Å²) in [6.45, 7) is 5.92. The Balaban J connectivity index is 2.04. The first-order chi connectivity index (χ1) is 8.59. The zero-order valence-electron chi connectivity index (χ0n) is 11.1. The molecule has 1 atom stereocenters. The van der Waals surface area contributed by atoms with E-state index in [1.807, 2.05) is 32.0 Å². The summed E-state index contributed by atoms with van der Waals surface area (Å²) in [5, 5.41) is 2.97. The average Bonchev–Trinajstić information content (AvgIpc) is 2.87. The largest absolute Gasteiger partial charge is 0.398 e. The van der Waals surface area contributed by atoms with Crippen molar-refractivity contribution in [3.05, 3.63) is 23.8 Å². The SMILES string of the molecule is Cc1c(N)cccc1NC(=O)C(C)N1CCCC1. The lowest BCUT2D eigenvalue weighted by Gasteiger charge is -2.23. The Hall–Kier alpha value is -1.55. The first-order valence-electron chi connectivity index (χ1n) is 6.49. The quantitative estimate of drug-likeness (QED) is 0.803. The molecular weight excluding hydrogens is 226 g/mol. The predicted molar refractivity (Wildman–Crippen MR) is 74.5 cm³/mol. The summed E-state index contributed by atoms with van der Waals surface area (Å²) in [5.41, 5.74) is 8.28. The molecule has 0 saturated carbocycles. The van der Waals surface area contributed by atoms with Gasteiger partial charge in [0.05, 0.1) is 6.04 Å². The summed E-state index contributed by atoms with van der Waals surface area (Å²) in [6, 6.07) is 5.52. The maximum absolute atomic E-state index is 12.2. The molecule has 1 aromatic carbocycles. The Labute approximate surface area is 108 Å². The highest BCUT2D eigenvalue weighted by molar-refractivity contribution is 5.95. The second-order valence-electron chi connectivity index (χ2n) is 4.93. The lowest BCUT2D eigenvalue weighted by Crippen LogP contribution is -2.40. The van der Waals surface area contributed by atoms with Crippen molar-refractivity contribution in [2.45, 2.75) is 32.7 Å². The zero-order valence-corrected chi connectivity index (χ0v) is 11.1. The van der Waals surface area contributed by atoms with Gasteiger partial charge in [0.25, 0.3) is 0 Å². The van der Waals surface area contributed by atoms with Crippen LogP contribution in [0.5, 0.6) is 0 Å². The third kappa shape index (κ3) is 2.64. The highest BCUT2D eigenvalue weighted by atomic mass is 16.2. The van der Waals surface area contributed by atoms with E-state index in [1.54, 1.807) is 0 Å². The van der Waals surface area contributed by atoms with Crippen LogP contribution in [0.1, 0.15) is 25.3 Å². The number of nitrogens with two attached hydrogens (primary N) is 1. The summed E-state index contributed by atoms with van der Waals surface area (Å²) in [6.07, 6.45) is 2.38. The second kappa shape index (κ2) is 5.40. The number of anilines is 2. The Bertz CT molecular complexity index is 439. The van der Waals surface area contributed by atoms with Crippen LogP contribution < -0.4 is 11.1 Å². The Kier molecular flexibility index (Phi) is 3.87. The maximum Gasteiger partial charge on any atom is 0.241 e. The first kappa shape index (κ1) is 12.9. The molecule has 1 unspecified atom stereocenters. The highest BCUT2D eigenvalue weighted by Crippen LogP contribution is 2.21. The van der Waals surface area contributed by atoms with Gasteiger partial charge >= 0.3 is 0 Å². The van der Waals surface area contributed by atoms with Gasteiger partial charge in [-0.1, -0.05) is 6.07 Å². The van der Waals surface area contributed by atoms with Crippen molar-refractivity contribution in [3.63, 3.8) is 0 Å². The molecule has 0 bridgehead atoms. The fourth-order valence-corrected chi connectivity index (χ4v) is 2.32. The molecule has 0 spiro atoms. The van der Waals surface area contributed by atoms with Crippen LogP contribution in [-0.2, 0) is 4.79 Å². The maximum atomic E-state index is 12.2. The smallest absolute Gasteiger partial charge is 0.241 e. The number of carbonyl (C=O) groups excluding carboxylic acids is 1. The molecule has 0 aromatic heterocycles. The minimum absolute atomic E-state index is 0.0469. The fourth-order valence-electron chi connectivity index (χ4n) is 2.32. The molecule has 4 nitrogen and oxygen atoms in total. The number of carbonyl (C=O) groups is 1. The second-order valence-corrected chi connectivity index (χ2v) is 4.93. The molecule has 1 aromatic rings. The molecule has 18 heavy (non-hydrogen) atoms. The van der Waals surface area contributed by atoms with E-state index in [1.165, 1.54) is 12.8 Å². The van der Waals surface area contributed by atoms with Crippen molar-refractivity contribution >= 4 is 17.3 Å². The van der Waals surface area contributed by atoms with Crippen LogP contribution in [0.2, 0.25) is 0 Å². The molecule has 0 aliphatic carbocycles. The molecule has 1 heterocycles. The predicted octanol–water partition coefficient (Wildman–Crippen LogP) is 2.00. The van der Waals surface area contributed by atoms with Crippen molar-refractivity contribution in [2.75, 3.05) is 24.1 Å². The number of benzene rings is 1. The van der Waals surface area contributed by atoms with Crippen molar-refractivity contribution in [1.82, 2.24) is 4.90 Å². The van der Waals surface area contributed by atoms with Crippen molar-refractivity contribution in [2.24, 2.45) is 0 Å². The van der Waals surface area contributed by atoms with E-state index in [4.69, 9.17) is 5.73 Å². The van der Waals surface area contributed by atoms with Gasteiger partial charge in [0.15, 0.2) is 0 Å². The van der Waals surface area contributed by atoms with Gasteiger partial charge in [0.1, 0.15) is 0 Å². The molecule has 1 amide bonds. The monoisotopic (exact) mass is 247 g/mol. The number of hydrogen-bond donors (Lipinski definition) is 2. The normalized spacial score (nSPS) is 17.7. The number of nitrogens with one attached hydrogen (secondary N) is 1. The molecule has 4 heteroatoms. The number of nitrogen functional groups attached to an aromatic ring is 1. The molecule has 1 saturated heterocycles. The third-order valence-electron chi connectivity index (χ3n) is 3.70. The van der Waals surface area contributed by atoms with E-state index in [2.05, 4.69) is 10.2 Å². The summed E-state index contributed by atoms with van der Waals surface area (Å²) in [5.74, 6) is 0.0469. The van der Waals surface area contributed by atoms with E-state index in [9.17, 15) is 4.79 Å². The van der Waals surface area contributed by atoms with Gasteiger partial charge in [-0.05, 0) is 57.5 Å². The van der Waals surface area contributed by atoms with E-state index in [0.29, 0.717) is 5.69 Å². The summed E-state index contributed by atoms with van der Waals surface area (Å²) in [7, 11) is 0. The number of rotatable bonds is 3. The van der Waals surface area contributed by atoms with Crippen LogP contribution in [0.4, 0.5) is 11.4 Å². The van der Waals surface area contributed by atoms with Crippen molar-refractivity contribution in [3.8, 4) is 0 Å². The lowest BCUT2D eigenvalue weighted by atomic mass is 10.1. The van der Waals surface area contributed by atoms with Gasteiger partial charge in [0, 0.05) is 11.4 Å². The van der Waals surface area contributed by atoms with E-state index in [-0.39, 0.29) is 11.9 Å². The Morgan fingerprint density at radius 3 is 2.72 bits per heavy atom. The molecule has 1 aliphatic heterocycles. The zero-order chi connectivity index (χ0) is 13.1. The Morgan fingerprint density at radius 1 is 1.39 bits per heavy atom. The van der Waals surface area contributed by atoms with Gasteiger partial charge in [-0.2, -0.15) is 0 Å². The molecule has 98 valence electrons. The van der Waals surface area contributed by atoms with E-state index < -0.39 is 0 Å². The fraction of sp³-hybridized carbons (Fsp3) is 0.500. The third-order valence-corrected chi connectivity index (χ3v) is 3.70. The van der Waals surface area contributed by atoms with Crippen LogP contribution in [0.25, 0.3) is 0 Å². The summed E-state index contributed by atoms with van der Waals surface area (Å²) >= 11 is 0. The highest BCUT2D eigenvalue weighted by Gasteiger charge is 2.24. The van der Waals surface area contributed by atoms with Gasteiger partial charge in [-0.3, -0.25) is 9.69 Å². The van der Waals surface area contributed by atoms with Crippen LogP contribution in [-0.4, -0.2) is 29.9 Å². The molecule has 3 N–H and O–H groups in total. The van der Waals surface area contributed by atoms with Gasteiger partial charge in [-0.25, -0.2) is 0 Å². The molecule has 2 rings (SSSR count). The minimum atomic E-state index is -0.0756. The van der Waals surface area contributed by atoms with E-state index >= 15 is 0 Å². The minimum Gasteiger partial charge on any atom is -0.398 e. The van der Waals surface area contributed by atoms with Crippen molar-refractivity contribution in [1.29, 1.82) is 0 Å². The lowest BCUT2D eigenvalue weighted by molar-refractivity contribution is -0.120. The van der Waals surface area contributed by atoms with Gasteiger partial charge < -0.3 is 11.1 Å². The van der Waals surface area contributed by atoms with Crippen LogP contribution in [0, 0.1) is 6.92 Å². The van der Waals surface area contributed by atoms with Gasteiger partial charge in [0.2, 0.25) is 5.91 Å². The van der Waals surface area contributed by atoms with Crippen LogP contribution in [0.15, 0.2) is 18.2 Å². The molecule has 1 aliphatic rings. The van der Waals surface area contributed by atoms with Crippen molar-refractivity contribution < 1.29 is 4.79 Å². The topological polar surface area (TPSA) is 58.4 Å². The first-order valence-corrected chi connectivity index (χ1v) is 6.49. The van der Waals surface area contributed by atoms with Gasteiger partial charge in [-0.15, -0.1) is 0 Å².